The summed E-state index contributed by atoms with van der Waals surface area (Å²) in [4.78, 5) is 84.9. The Labute approximate surface area is 417 Å². The number of phenols is 1. The normalized spacial score (nSPS) is 24.8. The fourth-order valence-corrected chi connectivity index (χ4v) is 12.1. The third-order valence-corrected chi connectivity index (χ3v) is 15.7. The Balaban J connectivity index is 0.710. The highest BCUT2D eigenvalue weighted by Gasteiger charge is 2.52. The van der Waals surface area contributed by atoms with Crippen LogP contribution in [0.15, 0.2) is 60.8 Å². The number of terminal acetylenes is 1. The van der Waals surface area contributed by atoms with Crippen LogP contribution in [0.1, 0.15) is 71.2 Å². The summed E-state index contributed by atoms with van der Waals surface area (Å²) in [5.41, 5.74) is 1.30. The molecule has 5 amide bonds. The molecule has 9 heterocycles. The predicted molar refractivity (Wildman–Crippen MR) is 262 cm³/mol. The Bertz CT molecular complexity index is 3280. The van der Waals surface area contributed by atoms with E-state index < -0.39 is 52.9 Å². The number of likely N-dealkylation sites (tertiary alicyclic amines) is 1. The summed E-state index contributed by atoms with van der Waals surface area (Å²) in [6.45, 7) is 7.89. The second kappa shape index (κ2) is 17.8. The number of carbonyl (C=O) groups excluding carboxylic acids is 5. The van der Waals surface area contributed by atoms with Crippen LogP contribution in [0.4, 0.5) is 25.1 Å². The lowest BCUT2D eigenvalue weighted by atomic mass is 9.94. The summed E-state index contributed by atoms with van der Waals surface area (Å²) in [5, 5.41) is 20.9. The van der Waals surface area contributed by atoms with Gasteiger partial charge in [-0.15, -0.1) is 6.42 Å². The molecule has 5 aromatic rings. The van der Waals surface area contributed by atoms with Crippen molar-refractivity contribution in [3.63, 3.8) is 0 Å². The first-order valence-corrected chi connectivity index (χ1v) is 24.6. The van der Waals surface area contributed by atoms with E-state index in [0.717, 1.165) is 29.7 Å². The Morgan fingerprint density at radius 2 is 1.77 bits per heavy atom. The molecule has 374 valence electrons. The molecule has 0 aliphatic carbocycles. The van der Waals surface area contributed by atoms with Gasteiger partial charge in [-0.2, -0.15) is 9.97 Å². The van der Waals surface area contributed by atoms with E-state index in [-0.39, 0.29) is 101 Å². The lowest BCUT2D eigenvalue weighted by Crippen LogP contribution is -2.54. The molecule has 3 unspecified atom stereocenters. The molecule has 7 aliphatic heterocycles. The summed E-state index contributed by atoms with van der Waals surface area (Å²) < 4.78 is 44.8. The number of benzene rings is 3. The Hall–Kier alpha value is -7.76. The number of anilines is 2. The van der Waals surface area contributed by atoms with Crippen LogP contribution in [0.2, 0.25) is 0 Å². The number of hydrogen-bond donors (Lipinski definition) is 4. The highest BCUT2D eigenvalue weighted by atomic mass is 19.1. The molecule has 18 nitrogen and oxygen atoms in total. The number of ether oxygens (including phenoxy) is 2. The van der Waals surface area contributed by atoms with Gasteiger partial charge in [0.15, 0.2) is 5.82 Å². The largest absolute Gasteiger partial charge is 0.508 e. The van der Waals surface area contributed by atoms with Gasteiger partial charge in [-0.3, -0.25) is 39.3 Å². The smallest absolute Gasteiger partial charge is 0.409 e. The van der Waals surface area contributed by atoms with E-state index in [1.807, 2.05) is 0 Å². The van der Waals surface area contributed by atoms with Gasteiger partial charge in [0.1, 0.15) is 47.9 Å². The molecule has 0 radical (unpaired) electrons. The minimum atomic E-state index is -1.05. The second-order valence-electron chi connectivity index (χ2n) is 20.4. The number of pyridine rings is 1. The van der Waals surface area contributed by atoms with Crippen LogP contribution in [0.5, 0.6) is 11.8 Å². The predicted octanol–water partition coefficient (Wildman–Crippen LogP) is 4.87. The number of fused-ring (bicyclic) bond motifs is 6. The number of hydrogen-bond acceptors (Lipinski definition) is 15. The molecule has 7 aliphatic rings. The number of nitrogens with zero attached hydrogens (tertiary/aromatic N) is 7. The molecule has 12 rings (SSSR count). The van der Waals surface area contributed by atoms with Crippen molar-refractivity contribution in [1.29, 1.82) is 0 Å². The summed E-state index contributed by atoms with van der Waals surface area (Å²) in [7, 11) is 0. The number of aromatic hydroxyl groups is 1. The van der Waals surface area contributed by atoms with Crippen molar-refractivity contribution in [3.8, 4) is 35.4 Å². The van der Waals surface area contributed by atoms with Crippen LogP contribution >= 0.6 is 0 Å². The number of piperidine rings is 1. The maximum atomic E-state index is 17.2. The van der Waals surface area contributed by atoms with Crippen LogP contribution in [-0.2, 0) is 14.3 Å². The highest BCUT2D eigenvalue weighted by molar-refractivity contribution is 6.23. The van der Waals surface area contributed by atoms with Crippen molar-refractivity contribution in [2.24, 2.45) is 5.92 Å². The van der Waals surface area contributed by atoms with Crippen molar-refractivity contribution >= 4 is 62.9 Å². The van der Waals surface area contributed by atoms with Crippen LogP contribution in [0.3, 0.4) is 0 Å². The maximum absolute atomic E-state index is 17.2. The SMILES string of the molecule is C#Cc1c(F)ccc2cc(O)cc(-c3ncc4c(N5CC6CCC(C5)N6)nc(OC[C@@]56CC[C@@H](COC(=O)N7CC(CNc8ccc9c(c8)C(=O)N(C8CCC(=O)NC8=O)C9=O)C7)N5CC(=C)C6)nc4c3F)c12. The summed E-state index contributed by atoms with van der Waals surface area (Å²) in [6, 6.07) is 9.54. The van der Waals surface area contributed by atoms with E-state index in [1.54, 1.807) is 23.1 Å². The fraction of sp³-hybridized carbons (Fsp3) is 0.396. The zero-order valence-electron chi connectivity index (χ0n) is 39.6. The van der Waals surface area contributed by atoms with Crippen molar-refractivity contribution in [1.82, 2.24) is 40.3 Å². The van der Waals surface area contributed by atoms with Gasteiger partial charge in [-0.05, 0) is 80.3 Å². The van der Waals surface area contributed by atoms with Gasteiger partial charge in [0.25, 0.3) is 11.8 Å². The van der Waals surface area contributed by atoms with Crippen LogP contribution in [-0.4, -0.2) is 147 Å². The zero-order valence-corrected chi connectivity index (χ0v) is 39.6. The number of phenolic OH excluding ortho intramolecular Hbond substituents is 1. The molecule has 5 atom stereocenters. The monoisotopic (exact) mass is 992 g/mol. The standard InChI is InChI=1S/C53H50F2N10O8/c1-3-35-40(54)9-4-29-14-34(66)16-38(43(29)35)45-44(55)46-39(19-57-45)47(62-23-31-5-6-32(24-62)58-31)61-51(60-46)73-26-53-13-12-33(64(53)20-27(2)17-53)25-72-52(71)63-21-28(22-63)18-56-30-7-8-36-37(15-30)50(70)65(49(36)69)41-10-11-42(67)59-48(41)68/h1,4,7-9,14-16,19,28,31-33,41,56,58,66H,2,5-6,10-13,17-18,20-26H2,(H,59,67,68)/t31?,32?,33-,41?,53-/m0/s1. The minimum absolute atomic E-state index is 0.0275. The number of carbonyl (C=O) groups is 5. The first-order chi connectivity index (χ1) is 35.2. The van der Waals surface area contributed by atoms with Gasteiger partial charge in [-0.25, -0.2) is 13.6 Å². The molecule has 2 bridgehead atoms. The van der Waals surface area contributed by atoms with E-state index >= 15 is 8.78 Å². The van der Waals surface area contributed by atoms with Gasteiger partial charge in [-0.1, -0.05) is 24.1 Å². The lowest BCUT2D eigenvalue weighted by Gasteiger charge is -2.39. The highest BCUT2D eigenvalue weighted by Crippen LogP contribution is 2.45. The summed E-state index contributed by atoms with van der Waals surface area (Å²) in [6.07, 6.45) is 11.0. The maximum Gasteiger partial charge on any atom is 0.409 e. The Morgan fingerprint density at radius 3 is 2.55 bits per heavy atom. The second-order valence-corrected chi connectivity index (χ2v) is 20.4. The molecule has 4 N–H and O–H groups in total. The molecule has 0 saturated carbocycles. The van der Waals surface area contributed by atoms with Gasteiger partial charge in [0, 0.05) is 92.6 Å². The zero-order chi connectivity index (χ0) is 50.4. The van der Waals surface area contributed by atoms with E-state index in [2.05, 4.69) is 48.2 Å². The topological polar surface area (TPSA) is 212 Å². The van der Waals surface area contributed by atoms with Crippen molar-refractivity contribution in [2.75, 3.05) is 62.7 Å². The van der Waals surface area contributed by atoms with E-state index in [9.17, 15) is 29.1 Å². The third-order valence-electron chi connectivity index (χ3n) is 15.7. The molecule has 0 spiro atoms. The number of piperazine rings is 1. The molecule has 3 aromatic carbocycles. The first kappa shape index (κ1) is 46.3. The molecule has 73 heavy (non-hydrogen) atoms. The number of imide groups is 2. The number of rotatable bonds is 11. The Morgan fingerprint density at radius 1 is 0.973 bits per heavy atom. The van der Waals surface area contributed by atoms with Crippen molar-refractivity contribution in [2.45, 2.75) is 74.7 Å². The number of aromatic nitrogens is 3. The molecular weight excluding hydrogens is 943 g/mol. The van der Waals surface area contributed by atoms with Crippen molar-refractivity contribution < 1.29 is 47.3 Å². The lowest BCUT2D eigenvalue weighted by molar-refractivity contribution is -0.136. The minimum Gasteiger partial charge on any atom is -0.508 e. The number of halogens is 2. The first-order valence-electron chi connectivity index (χ1n) is 24.6. The van der Waals surface area contributed by atoms with E-state index in [0.29, 0.717) is 74.4 Å². The fourth-order valence-electron chi connectivity index (χ4n) is 12.1. The molecule has 6 saturated heterocycles. The van der Waals surface area contributed by atoms with Gasteiger partial charge in [0.2, 0.25) is 11.8 Å². The van der Waals surface area contributed by atoms with Gasteiger partial charge >= 0.3 is 12.1 Å². The molecule has 20 heteroatoms. The van der Waals surface area contributed by atoms with Crippen molar-refractivity contribution in [3.05, 3.63) is 89.1 Å². The van der Waals surface area contributed by atoms with Crippen LogP contribution in [0.25, 0.3) is 32.9 Å². The Kier molecular flexibility index (Phi) is 11.3. The quantitative estimate of drug-likeness (QED) is 0.0790. The third kappa shape index (κ3) is 8.01. The summed E-state index contributed by atoms with van der Waals surface area (Å²) in [5.74, 6) is -0.937. The van der Waals surface area contributed by atoms with Crippen LogP contribution in [0, 0.1) is 29.9 Å². The number of amides is 5. The van der Waals surface area contributed by atoms with Gasteiger partial charge in [0.05, 0.1) is 27.6 Å². The molecule has 6 fully saturated rings. The van der Waals surface area contributed by atoms with E-state index in [4.69, 9.17) is 20.9 Å². The average molecular weight is 993 g/mol. The van der Waals surface area contributed by atoms with E-state index in [1.165, 1.54) is 30.5 Å². The number of nitrogens with one attached hydrogen (secondary N) is 3. The molecule has 2 aromatic heterocycles. The molecular formula is C53H50F2N10O8. The van der Waals surface area contributed by atoms with Gasteiger partial charge < -0.3 is 35.0 Å². The summed E-state index contributed by atoms with van der Waals surface area (Å²) >= 11 is 0. The average Bonchev–Trinajstić information content (AvgIpc) is 4.06. The van der Waals surface area contributed by atoms with Crippen LogP contribution < -0.4 is 25.6 Å².